The van der Waals surface area contributed by atoms with Crippen molar-refractivity contribution in [3.63, 3.8) is 0 Å². The molecule has 34 heavy (non-hydrogen) atoms. The van der Waals surface area contributed by atoms with Gasteiger partial charge in [0.15, 0.2) is 5.78 Å². The van der Waals surface area contributed by atoms with E-state index in [0.717, 1.165) is 21.1 Å². The Morgan fingerprint density at radius 2 is 1.68 bits per heavy atom. The van der Waals surface area contributed by atoms with Crippen molar-refractivity contribution in [2.75, 3.05) is 6.54 Å². The van der Waals surface area contributed by atoms with Gasteiger partial charge in [-0.25, -0.2) is 5.01 Å². The Labute approximate surface area is 208 Å². The highest BCUT2D eigenvalue weighted by molar-refractivity contribution is 6.42. The molecule has 0 radical (unpaired) electrons. The Hall–Kier alpha value is -2.96. The molecule has 3 amide bonds. The van der Waals surface area contributed by atoms with Gasteiger partial charge >= 0.3 is 0 Å². The molecular formula is C26H24Cl2N2O4. The number of hydrogen-bond acceptors (Lipinski definition) is 4. The minimum absolute atomic E-state index is 0.115. The number of fused-ring (bicyclic) bond motifs is 1. The lowest BCUT2D eigenvalue weighted by atomic mass is 9.78. The fourth-order valence-electron chi connectivity index (χ4n) is 4.52. The monoisotopic (exact) mass is 498 g/mol. The highest BCUT2D eigenvalue weighted by Gasteiger charge is 2.53. The van der Waals surface area contributed by atoms with Gasteiger partial charge < -0.3 is 0 Å². The summed E-state index contributed by atoms with van der Waals surface area (Å²) in [5.74, 6) is -3.32. The van der Waals surface area contributed by atoms with Crippen molar-refractivity contribution in [3.8, 4) is 0 Å². The van der Waals surface area contributed by atoms with E-state index in [1.807, 2.05) is 39.0 Å². The summed E-state index contributed by atoms with van der Waals surface area (Å²) in [5, 5.41) is 2.23. The molecule has 8 heteroatoms. The zero-order chi connectivity index (χ0) is 24.7. The molecule has 0 spiro atoms. The van der Waals surface area contributed by atoms with Crippen molar-refractivity contribution in [3.05, 3.63) is 80.8 Å². The minimum Gasteiger partial charge on any atom is -0.292 e. The zero-order valence-corrected chi connectivity index (χ0v) is 20.6. The third-order valence-electron chi connectivity index (χ3n) is 6.61. The summed E-state index contributed by atoms with van der Waals surface area (Å²) < 4.78 is 0. The van der Waals surface area contributed by atoms with E-state index in [-0.39, 0.29) is 21.5 Å². The number of nitrogens with zero attached hydrogens (tertiary/aromatic N) is 2. The molecule has 176 valence electrons. The molecular weight excluding hydrogens is 475 g/mol. The van der Waals surface area contributed by atoms with Crippen LogP contribution in [0.4, 0.5) is 0 Å². The van der Waals surface area contributed by atoms with Crippen molar-refractivity contribution in [1.82, 2.24) is 10.0 Å². The van der Waals surface area contributed by atoms with E-state index >= 15 is 0 Å². The summed E-state index contributed by atoms with van der Waals surface area (Å²) in [6.07, 6.45) is 4.20. The Morgan fingerprint density at radius 3 is 2.32 bits per heavy atom. The number of ketones is 1. The average molecular weight is 499 g/mol. The van der Waals surface area contributed by atoms with Crippen LogP contribution >= 0.6 is 23.2 Å². The van der Waals surface area contributed by atoms with Gasteiger partial charge in [-0.3, -0.25) is 19.2 Å². The average Bonchev–Trinajstić information content (AvgIpc) is 3.06. The molecule has 0 aromatic heterocycles. The van der Waals surface area contributed by atoms with Gasteiger partial charge in [-0.15, -0.1) is 0 Å². The number of imide groups is 1. The second-order valence-corrected chi connectivity index (χ2v) is 9.67. The molecule has 6 nitrogen and oxygen atoms in total. The van der Waals surface area contributed by atoms with Crippen LogP contribution in [0.2, 0.25) is 10.0 Å². The maximum absolute atomic E-state index is 13.6. The number of carbonyl (C=O) groups is 4. The molecule has 2 aromatic carbocycles. The van der Waals surface area contributed by atoms with Gasteiger partial charge in [-0.1, -0.05) is 54.4 Å². The predicted octanol–water partition coefficient (Wildman–Crippen LogP) is 5.05. The number of Topliss-reactive ketones (excluding diaryl/α,β-unsaturated/α-hetero) is 1. The SMILES string of the molecule is Cc1ccc(C(=O)CN(C(=O)c2ccc(Cl)c(Cl)c2)N2C(=O)[C@H]3[C@H](C)C=CC[C@H]3C2=O)cc1C. The predicted molar refractivity (Wildman–Crippen MR) is 129 cm³/mol. The summed E-state index contributed by atoms with van der Waals surface area (Å²) in [6, 6.07) is 9.50. The number of hydrazine groups is 1. The number of amides is 3. The molecule has 4 rings (SSSR count). The number of rotatable bonds is 5. The van der Waals surface area contributed by atoms with Gasteiger partial charge in [0, 0.05) is 11.1 Å². The molecule has 0 bridgehead atoms. The number of carbonyl (C=O) groups excluding carboxylic acids is 4. The van der Waals surface area contributed by atoms with Crippen molar-refractivity contribution < 1.29 is 19.2 Å². The summed E-state index contributed by atoms with van der Waals surface area (Å²) in [7, 11) is 0. The molecule has 1 aliphatic heterocycles. The highest BCUT2D eigenvalue weighted by Crippen LogP contribution is 2.39. The standard InChI is InChI=1S/C26H24Cl2N2O4/c1-14-7-8-17(11-16(14)3)22(31)13-29(24(32)18-9-10-20(27)21(28)12-18)30-25(33)19-6-4-5-15(2)23(19)26(30)34/h4-5,7-12,15,19,23H,6,13H2,1-3H3/t15-,19-,23+/m1/s1. The van der Waals surface area contributed by atoms with Crippen LogP contribution in [0.3, 0.4) is 0 Å². The topological polar surface area (TPSA) is 74.8 Å². The number of aryl methyl sites for hydroxylation is 2. The molecule has 2 aromatic rings. The molecule has 1 fully saturated rings. The third kappa shape index (κ3) is 4.28. The molecule has 0 unspecified atom stereocenters. The fraction of sp³-hybridized carbons (Fsp3) is 0.308. The van der Waals surface area contributed by atoms with Gasteiger partial charge in [0.2, 0.25) is 0 Å². The van der Waals surface area contributed by atoms with E-state index in [9.17, 15) is 19.2 Å². The highest BCUT2D eigenvalue weighted by atomic mass is 35.5. The summed E-state index contributed by atoms with van der Waals surface area (Å²) in [6.45, 7) is 5.22. The van der Waals surface area contributed by atoms with Crippen molar-refractivity contribution in [2.24, 2.45) is 17.8 Å². The van der Waals surface area contributed by atoms with E-state index in [1.54, 1.807) is 12.1 Å². The summed E-state index contributed by atoms with van der Waals surface area (Å²) in [4.78, 5) is 53.5. The van der Waals surface area contributed by atoms with Crippen LogP contribution in [0.25, 0.3) is 0 Å². The van der Waals surface area contributed by atoms with Crippen LogP contribution in [0, 0.1) is 31.6 Å². The largest absolute Gasteiger partial charge is 0.292 e. The van der Waals surface area contributed by atoms with Crippen molar-refractivity contribution >= 4 is 46.7 Å². The maximum Gasteiger partial charge on any atom is 0.273 e. The Morgan fingerprint density at radius 1 is 0.971 bits per heavy atom. The first-order valence-electron chi connectivity index (χ1n) is 11.0. The Kier molecular flexibility index (Phi) is 6.65. The van der Waals surface area contributed by atoms with Crippen molar-refractivity contribution in [2.45, 2.75) is 27.2 Å². The van der Waals surface area contributed by atoms with Gasteiger partial charge in [-0.2, -0.15) is 5.01 Å². The lowest BCUT2D eigenvalue weighted by molar-refractivity contribution is -0.154. The van der Waals surface area contributed by atoms with E-state index in [1.165, 1.54) is 18.2 Å². The summed E-state index contributed by atoms with van der Waals surface area (Å²) in [5.41, 5.74) is 2.45. The zero-order valence-electron chi connectivity index (χ0n) is 19.0. The van der Waals surface area contributed by atoms with Crippen LogP contribution in [0.15, 0.2) is 48.6 Å². The smallest absolute Gasteiger partial charge is 0.273 e. The Balaban J connectivity index is 1.73. The second-order valence-electron chi connectivity index (χ2n) is 8.86. The Bertz CT molecular complexity index is 1240. The number of benzene rings is 2. The molecule has 2 aliphatic rings. The quantitative estimate of drug-likeness (QED) is 0.328. The molecule has 0 saturated carbocycles. The number of hydrogen-bond donors (Lipinski definition) is 0. The van der Waals surface area contributed by atoms with E-state index < -0.39 is 41.9 Å². The van der Waals surface area contributed by atoms with Gasteiger partial charge in [0.25, 0.3) is 17.7 Å². The van der Waals surface area contributed by atoms with E-state index in [4.69, 9.17) is 23.2 Å². The first kappa shape index (κ1) is 24.2. The van der Waals surface area contributed by atoms with Gasteiger partial charge in [0.1, 0.15) is 6.54 Å². The minimum atomic E-state index is -0.684. The number of halogens is 2. The molecule has 0 N–H and O–H groups in total. The normalized spacial score (nSPS) is 21.6. The molecule has 1 aliphatic carbocycles. The molecule has 1 saturated heterocycles. The van der Waals surface area contributed by atoms with Gasteiger partial charge in [-0.05, 0) is 61.6 Å². The fourth-order valence-corrected chi connectivity index (χ4v) is 4.82. The van der Waals surface area contributed by atoms with Crippen LogP contribution < -0.4 is 0 Å². The van der Waals surface area contributed by atoms with Gasteiger partial charge in [0.05, 0.1) is 21.9 Å². The second kappa shape index (κ2) is 9.35. The number of allylic oxidation sites excluding steroid dienone is 2. The molecule has 1 heterocycles. The first-order valence-corrected chi connectivity index (χ1v) is 11.8. The van der Waals surface area contributed by atoms with Crippen LogP contribution in [-0.4, -0.2) is 40.1 Å². The molecule has 3 atom stereocenters. The van der Waals surface area contributed by atoms with Crippen LogP contribution in [0.1, 0.15) is 45.2 Å². The third-order valence-corrected chi connectivity index (χ3v) is 7.35. The lowest BCUT2D eigenvalue weighted by Crippen LogP contribution is -2.52. The van der Waals surface area contributed by atoms with E-state index in [0.29, 0.717) is 12.0 Å². The maximum atomic E-state index is 13.6. The first-order chi connectivity index (χ1) is 16.1. The van der Waals surface area contributed by atoms with Crippen molar-refractivity contribution in [1.29, 1.82) is 0 Å². The van der Waals surface area contributed by atoms with Crippen LogP contribution in [-0.2, 0) is 9.59 Å². The lowest BCUT2D eigenvalue weighted by Gasteiger charge is -2.30. The summed E-state index contributed by atoms with van der Waals surface area (Å²) >= 11 is 12.1. The van der Waals surface area contributed by atoms with Crippen LogP contribution in [0.5, 0.6) is 0 Å². The van der Waals surface area contributed by atoms with E-state index in [2.05, 4.69) is 0 Å².